The van der Waals surface area contributed by atoms with E-state index in [4.69, 9.17) is 0 Å². The fourth-order valence-corrected chi connectivity index (χ4v) is 3.52. The van der Waals surface area contributed by atoms with Gasteiger partial charge in [-0.3, -0.25) is 9.69 Å². The minimum Gasteiger partial charge on any atom is -0.367 e. The van der Waals surface area contributed by atoms with Gasteiger partial charge in [-0.25, -0.2) is 4.39 Å². The van der Waals surface area contributed by atoms with Crippen LogP contribution in [0.2, 0.25) is 0 Å². The Labute approximate surface area is 159 Å². The summed E-state index contributed by atoms with van der Waals surface area (Å²) in [7, 11) is 3.65. The van der Waals surface area contributed by atoms with Crippen molar-refractivity contribution in [3.05, 3.63) is 65.5 Å². The second-order valence-corrected chi connectivity index (χ2v) is 6.86. The van der Waals surface area contributed by atoms with E-state index in [1.54, 1.807) is 18.2 Å². The molecule has 1 aliphatic heterocycles. The molecule has 0 bridgehead atoms. The van der Waals surface area contributed by atoms with Crippen LogP contribution in [0, 0.1) is 17.1 Å². The topological polar surface area (TPSA) is 50.6 Å². The number of amides is 1. The van der Waals surface area contributed by atoms with E-state index in [1.807, 2.05) is 42.1 Å². The fourth-order valence-electron chi connectivity index (χ4n) is 3.52. The van der Waals surface area contributed by atoms with E-state index in [-0.39, 0.29) is 11.7 Å². The number of hydrogen-bond donors (Lipinski definition) is 0. The highest BCUT2D eigenvalue weighted by Gasteiger charge is 2.30. The van der Waals surface area contributed by atoms with Crippen molar-refractivity contribution < 1.29 is 9.18 Å². The van der Waals surface area contributed by atoms with Gasteiger partial charge in [0.1, 0.15) is 17.9 Å². The Hall–Kier alpha value is -2.91. The number of carbonyl (C=O) groups excluding carboxylic acids is 1. The third kappa shape index (κ3) is 4.09. The highest BCUT2D eigenvalue weighted by molar-refractivity contribution is 5.83. The summed E-state index contributed by atoms with van der Waals surface area (Å²) in [5, 5.41) is 9.29. The van der Waals surface area contributed by atoms with Crippen molar-refractivity contribution in [3.8, 4) is 6.07 Å². The van der Waals surface area contributed by atoms with Crippen LogP contribution >= 0.6 is 0 Å². The molecule has 0 radical (unpaired) electrons. The first-order valence-corrected chi connectivity index (χ1v) is 8.96. The quantitative estimate of drug-likeness (QED) is 0.835. The molecule has 0 N–H and O–H groups in total. The van der Waals surface area contributed by atoms with E-state index in [0.29, 0.717) is 37.3 Å². The fraction of sp³-hybridized carbons (Fsp3) is 0.333. The lowest BCUT2D eigenvalue weighted by molar-refractivity contribution is -0.136. The van der Waals surface area contributed by atoms with E-state index in [0.717, 1.165) is 5.69 Å². The van der Waals surface area contributed by atoms with Crippen LogP contribution in [0.15, 0.2) is 48.5 Å². The summed E-state index contributed by atoms with van der Waals surface area (Å²) in [5.41, 5.74) is 2.20. The van der Waals surface area contributed by atoms with Crippen LogP contribution in [0.25, 0.3) is 0 Å². The van der Waals surface area contributed by atoms with Gasteiger partial charge in [0.2, 0.25) is 5.91 Å². The molecule has 0 aliphatic carbocycles. The summed E-state index contributed by atoms with van der Waals surface area (Å²) in [5.74, 6) is -0.371. The van der Waals surface area contributed by atoms with Crippen LogP contribution in [-0.4, -0.2) is 56.0 Å². The van der Waals surface area contributed by atoms with Gasteiger partial charge in [-0.15, -0.1) is 0 Å². The maximum Gasteiger partial charge on any atom is 0.244 e. The predicted octanol–water partition coefficient (Wildman–Crippen LogP) is 2.65. The van der Waals surface area contributed by atoms with Crippen molar-refractivity contribution >= 4 is 11.6 Å². The molecule has 3 rings (SSSR count). The zero-order chi connectivity index (χ0) is 19.4. The first-order valence-electron chi connectivity index (χ1n) is 8.96. The molecule has 1 saturated heterocycles. The Balaban J connectivity index is 1.73. The third-order valence-corrected chi connectivity index (χ3v) is 4.87. The van der Waals surface area contributed by atoms with Crippen LogP contribution in [0.1, 0.15) is 17.2 Å². The Bertz CT molecular complexity index is 853. The van der Waals surface area contributed by atoms with Crippen molar-refractivity contribution in [2.24, 2.45) is 0 Å². The summed E-state index contributed by atoms with van der Waals surface area (Å²) in [6.07, 6.45) is 0. The van der Waals surface area contributed by atoms with Crippen LogP contribution in [0.5, 0.6) is 0 Å². The largest absolute Gasteiger partial charge is 0.367 e. The standard InChI is InChI=1S/C21H23FN4O/c1-24(2)20(16-7-5-8-18(22)14-16)21(27)26-12-10-25(11-13-26)19-9-4-3-6-17(19)15-23/h3-9,14,20H,10-13H2,1-2H3/t20-/m1/s1. The minimum atomic E-state index is -0.515. The molecule has 0 unspecified atom stereocenters. The highest BCUT2D eigenvalue weighted by Crippen LogP contribution is 2.25. The molecule has 0 saturated carbocycles. The average Bonchev–Trinajstić information content (AvgIpc) is 2.68. The molecule has 6 heteroatoms. The van der Waals surface area contributed by atoms with Crippen LogP contribution in [-0.2, 0) is 4.79 Å². The molecule has 1 fully saturated rings. The first kappa shape index (κ1) is 18.9. The Kier molecular flexibility index (Phi) is 5.72. The maximum absolute atomic E-state index is 13.6. The van der Waals surface area contributed by atoms with Crippen LogP contribution < -0.4 is 4.90 Å². The number of para-hydroxylation sites is 1. The molecule has 2 aromatic rings. The smallest absolute Gasteiger partial charge is 0.244 e. The van der Waals surface area contributed by atoms with Crippen molar-refractivity contribution in [3.63, 3.8) is 0 Å². The Morgan fingerprint density at radius 1 is 1.11 bits per heavy atom. The van der Waals surface area contributed by atoms with Gasteiger partial charge in [-0.2, -0.15) is 5.26 Å². The summed E-state index contributed by atoms with van der Waals surface area (Å²) < 4.78 is 13.6. The van der Waals surface area contributed by atoms with Gasteiger partial charge >= 0.3 is 0 Å². The van der Waals surface area contributed by atoms with E-state index in [1.165, 1.54) is 12.1 Å². The first-order chi connectivity index (χ1) is 13.0. The Morgan fingerprint density at radius 2 is 1.81 bits per heavy atom. The highest BCUT2D eigenvalue weighted by atomic mass is 19.1. The lowest BCUT2D eigenvalue weighted by Gasteiger charge is -2.39. The second kappa shape index (κ2) is 8.19. The van der Waals surface area contributed by atoms with Gasteiger partial charge in [-0.1, -0.05) is 24.3 Å². The zero-order valence-corrected chi connectivity index (χ0v) is 15.6. The summed E-state index contributed by atoms with van der Waals surface area (Å²) in [6.45, 7) is 2.46. The molecular formula is C21H23FN4O. The summed E-state index contributed by atoms with van der Waals surface area (Å²) in [6, 6.07) is 15.4. The van der Waals surface area contributed by atoms with Crippen molar-refractivity contribution in [1.29, 1.82) is 5.26 Å². The van der Waals surface area contributed by atoms with E-state index in [9.17, 15) is 14.4 Å². The molecule has 0 spiro atoms. The monoisotopic (exact) mass is 366 g/mol. The van der Waals surface area contributed by atoms with Gasteiger partial charge < -0.3 is 9.80 Å². The van der Waals surface area contributed by atoms with E-state index < -0.39 is 6.04 Å². The number of hydrogen-bond acceptors (Lipinski definition) is 4. The lowest BCUT2D eigenvalue weighted by Crippen LogP contribution is -2.51. The summed E-state index contributed by atoms with van der Waals surface area (Å²) in [4.78, 5) is 18.9. The molecule has 1 heterocycles. The second-order valence-electron chi connectivity index (χ2n) is 6.86. The average molecular weight is 366 g/mol. The normalized spacial score (nSPS) is 15.5. The van der Waals surface area contributed by atoms with E-state index >= 15 is 0 Å². The number of piperazine rings is 1. The number of nitrogens with zero attached hydrogens (tertiary/aromatic N) is 4. The molecular weight excluding hydrogens is 343 g/mol. The number of carbonyl (C=O) groups is 1. The van der Waals surface area contributed by atoms with Gasteiger partial charge in [-0.05, 0) is 43.9 Å². The maximum atomic E-state index is 13.6. The number of nitriles is 1. The number of halogens is 1. The van der Waals surface area contributed by atoms with Gasteiger partial charge in [0.25, 0.3) is 0 Å². The molecule has 2 aromatic carbocycles. The predicted molar refractivity (Wildman–Crippen MR) is 103 cm³/mol. The molecule has 0 aromatic heterocycles. The molecule has 140 valence electrons. The molecule has 1 atom stereocenters. The zero-order valence-electron chi connectivity index (χ0n) is 15.6. The Morgan fingerprint density at radius 3 is 2.44 bits per heavy atom. The van der Waals surface area contributed by atoms with Gasteiger partial charge in [0.15, 0.2) is 0 Å². The number of likely N-dealkylation sites (N-methyl/N-ethyl adjacent to an activating group) is 1. The van der Waals surface area contributed by atoms with Gasteiger partial charge in [0, 0.05) is 26.2 Å². The van der Waals surface area contributed by atoms with Crippen molar-refractivity contribution in [2.75, 3.05) is 45.2 Å². The lowest BCUT2D eigenvalue weighted by atomic mass is 10.0. The van der Waals surface area contributed by atoms with Crippen LogP contribution in [0.3, 0.4) is 0 Å². The number of anilines is 1. The molecule has 5 nitrogen and oxygen atoms in total. The third-order valence-electron chi connectivity index (χ3n) is 4.87. The number of rotatable bonds is 4. The SMILES string of the molecule is CN(C)[C@@H](C(=O)N1CCN(c2ccccc2C#N)CC1)c1cccc(F)c1. The van der Waals surface area contributed by atoms with Crippen molar-refractivity contribution in [1.82, 2.24) is 9.80 Å². The van der Waals surface area contributed by atoms with E-state index in [2.05, 4.69) is 11.0 Å². The minimum absolute atomic E-state index is 0.0289. The summed E-state index contributed by atoms with van der Waals surface area (Å²) >= 11 is 0. The molecule has 1 aliphatic rings. The van der Waals surface area contributed by atoms with Crippen molar-refractivity contribution in [2.45, 2.75) is 6.04 Å². The number of benzene rings is 2. The van der Waals surface area contributed by atoms with Gasteiger partial charge in [0.05, 0.1) is 11.3 Å². The van der Waals surface area contributed by atoms with Crippen LogP contribution in [0.4, 0.5) is 10.1 Å². The molecule has 1 amide bonds. The molecule has 27 heavy (non-hydrogen) atoms.